The number of nitriles is 1. The summed E-state index contributed by atoms with van der Waals surface area (Å²) in [5.41, 5.74) is 4.99. The quantitative estimate of drug-likeness (QED) is 0.390. The number of nitrogens with one attached hydrogen (secondary N) is 1. The maximum atomic E-state index is 12.4. The first-order chi connectivity index (χ1) is 15.6. The summed E-state index contributed by atoms with van der Waals surface area (Å²) in [7, 11) is 0. The molecule has 0 aliphatic heterocycles. The van der Waals surface area contributed by atoms with Gasteiger partial charge < -0.3 is 5.32 Å². The molecule has 0 saturated carbocycles. The highest BCUT2D eigenvalue weighted by Crippen LogP contribution is 2.22. The Morgan fingerprint density at radius 3 is 2.25 bits per heavy atom. The second kappa shape index (κ2) is 12.5. The Kier molecular flexibility index (Phi) is 9.07. The van der Waals surface area contributed by atoms with Crippen LogP contribution in [0.4, 0.5) is 0 Å². The number of nitrogens with zero attached hydrogens (tertiary/aromatic N) is 1. The number of hydrogen-bond donors (Lipinski definition) is 1. The summed E-state index contributed by atoms with van der Waals surface area (Å²) in [5.74, 6) is 0.367. The van der Waals surface area contributed by atoms with Crippen LogP contribution in [-0.4, -0.2) is 11.9 Å². The van der Waals surface area contributed by atoms with E-state index >= 15 is 0 Å². The fourth-order valence-electron chi connectivity index (χ4n) is 3.98. The van der Waals surface area contributed by atoms with Gasteiger partial charge in [-0.1, -0.05) is 91.9 Å². The zero-order valence-corrected chi connectivity index (χ0v) is 18.8. The van der Waals surface area contributed by atoms with Gasteiger partial charge in [-0.15, -0.1) is 0 Å². The van der Waals surface area contributed by atoms with Gasteiger partial charge >= 0.3 is 0 Å². The first-order valence-electron chi connectivity index (χ1n) is 11.5. The van der Waals surface area contributed by atoms with E-state index in [-0.39, 0.29) is 5.91 Å². The van der Waals surface area contributed by atoms with E-state index in [4.69, 9.17) is 0 Å². The van der Waals surface area contributed by atoms with Gasteiger partial charge in [0.1, 0.15) is 6.04 Å². The van der Waals surface area contributed by atoms with Crippen molar-refractivity contribution >= 4 is 5.91 Å². The Bertz CT molecular complexity index is 1010. The van der Waals surface area contributed by atoms with E-state index in [2.05, 4.69) is 79.0 Å². The molecule has 0 aliphatic carbocycles. The lowest BCUT2D eigenvalue weighted by Crippen LogP contribution is -2.33. The molecular weight excluding hydrogens is 392 g/mol. The summed E-state index contributed by atoms with van der Waals surface area (Å²) in [6.45, 7) is 2.18. The maximum Gasteiger partial charge on any atom is 0.221 e. The molecule has 0 aromatic heterocycles. The first-order valence-corrected chi connectivity index (χ1v) is 11.5. The standard InChI is InChI=1S/C29H32N2O/c1-23(20-25-13-8-16-27(21-25)26-14-6-3-7-15-26)18-19-29(32)31-28(22-30)17-9-12-24-10-4-2-5-11-24/h2-8,10-11,13-16,21,23,28H,9,12,17-20H2,1H3,(H,31,32). The largest absolute Gasteiger partial charge is 0.340 e. The molecule has 0 aliphatic rings. The third-order valence-electron chi connectivity index (χ3n) is 5.77. The Balaban J connectivity index is 1.40. The molecular formula is C29H32N2O. The highest BCUT2D eigenvalue weighted by molar-refractivity contribution is 5.76. The van der Waals surface area contributed by atoms with E-state index in [1.165, 1.54) is 22.3 Å². The molecule has 0 bridgehead atoms. The number of benzene rings is 3. The van der Waals surface area contributed by atoms with E-state index in [1.807, 2.05) is 24.3 Å². The maximum absolute atomic E-state index is 12.4. The predicted octanol–water partition coefficient (Wildman–Crippen LogP) is 6.34. The highest BCUT2D eigenvalue weighted by Gasteiger charge is 2.13. The second-order valence-corrected chi connectivity index (χ2v) is 8.54. The van der Waals surface area contributed by atoms with Crippen LogP contribution in [0.5, 0.6) is 0 Å². The third-order valence-corrected chi connectivity index (χ3v) is 5.77. The summed E-state index contributed by atoms with van der Waals surface area (Å²) in [4.78, 5) is 12.4. The number of carbonyl (C=O) groups excluding carboxylic acids is 1. The van der Waals surface area contributed by atoms with E-state index in [9.17, 15) is 10.1 Å². The molecule has 2 atom stereocenters. The van der Waals surface area contributed by atoms with Gasteiger partial charge in [0.05, 0.1) is 6.07 Å². The van der Waals surface area contributed by atoms with Gasteiger partial charge in [-0.3, -0.25) is 4.79 Å². The third kappa shape index (κ3) is 7.71. The molecule has 0 spiro atoms. The van der Waals surface area contributed by atoms with Crippen LogP contribution in [0.3, 0.4) is 0 Å². The second-order valence-electron chi connectivity index (χ2n) is 8.54. The Morgan fingerprint density at radius 1 is 0.875 bits per heavy atom. The average Bonchev–Trinajstić information content (AvgIpc) is 2.83. The lowest BCUT2D eigenvalue weighted by atomic mass is 9.94. The van der Waals surface area contributed by atoms with Crippen molar-refractivity contribution in [3.05, 3.63) is 96.1 Å². The van der Waals surface area contributed by atoms with Crippen molar-refractivity contribution in [1.82, 2.24) is 5.32 Å². The van der Waals surface area contributed by atoms with Crippen LogP contribution >= 0.6 is 0 Å². The lowest BCUT2D eigenvalue weighted by molar-refractivity contribution is -0.121. The van der Waals surface area contributed by atoms with Crippen LogP contribution in [0.25, 0.3) is 11.1 Å². The average molecular weight is 425 g/mol. The number of rotatable bonds is 11. The molecule has 0 heterocycles. The minimum Gasteiger partial charge on any atom is -0.340 e. The zero-order valence-electron chi connectivity index (χ0n) is 18.8. The van der Waals surface area contributed by atoms with E-state index in [0.29, 0.717) is 18.8 Å². The summed E-state index contributed by atoms with van der Waals surface area (Å²) in [5, 5.41) is 12.3. The number of aryl methyl sites for hydroxylation is 1. The molecule has 3 rings (SSSR count). The minimum absolute atomic E-state index is 0.0267. The topological polar surface area (TPSA) is 52.9 Å². The SMILES string of the molecule is CC(CCC(=O)NC(C#N)CCCc1ccccc1)Cc1cccc(-c2ccccc2)c1. The Hall–Kier alpha value is -3.38. The van der Waals surface area contributed by atoms with Crippen LogP contribution in [0.1, 0.15) is 43.7 Å². The van der Waals surface area contributed by atoms with E-state index < -0.39 is 6.04 Å². The molecule has 3 aromatic carbocycles. The van der Waals surface area contributed by atoms with Gasteiger partial charge in [0.15, 0.2) is 0 Å². The number of hydrogen-bond acceptors (Lipinski definition) is 2. The summed E-state index contributed by atoms with van der Waals surface area (Å²) < 4.78 is 0. The van der Waals surface area contributed by atoms with Crippen LogP contribution in [0, 0.1) is 17.2 Å². The molecule has 3 nitrogen and oxygen atoms in total. The molecule has 1 amide bonds. The molecule has 2 unspecified atom stereocenters. The first kappa shape index (κ1) is 23.3. The summed E-state index contributed by atoms with van der Waals surface area (Å²) in [6, 6.07) is 31.1. The van der Waals surface area contributed by atoms with Crippen molar-refractivity contribution in [2.24, 2.45) is 5.92 Å². The van der Waals surface area contributed by atoms with Crippen LogP contribution in [0.2, 0.25) is 0 Å². The number of amides is 1. The van der Waals surface area contributed by atoms with Crippen molar-refractivity contribution in [3.63, 3.8) is 0 Å². The fraction of sp³-hybridized carbons (Fsp3) is 0.310. The van der Waals surface area contributed by atoms with Crippen molar-refractivity contribution in [1.29, 1.82) is 5.26 Å². The van der Waals surface area contributed by atoms with Gasteiger partial charge in [-0.2, -0.15) is 5.26 Å². The smallest absolute Gasteiger partial charge is 0.221 e. The molecule has 164 valence electrons. The van der Waals surface area contributed by atoms with Gasteiger partial charge in [0.2, 0.25) is 5.91 Å². The van der Waals surface area contributed by atoms with Crippen molar-refractivity contribution in [2.45, 2.75) is 51.5 Å². The molecule has 0 saturated heterocycles. The van der Waals surface area contributed by atoms with Crippen molar-refractivity contribution in [3.8, 4) is 17.2 Å². The van der Waals surface area contributed by atoms with Crippen LogP contribution < -0.4 is 5.32 Å². The molecule has 0 fully saturated rings. The van der Waals surface area contributed by atoms with Gasteiger partial charge in [-0.05, 0) is 60.3 Å². The molecule has 3 aromatic rings. The fourth-order valence-corrected chi connectivity index (χ4v) is 3.98. The lowest BCUT2D eigenvalue weighted by Gasteiger charge is -2.15. The zero-order chi connectivity index (χ0) is 22.6. The van der Waals surface area contributed by atoms with Crippen LogP contribution in [0.15, 0.2) is 84.9 Å². The monoisotopic (exact) mass is 424 g/mol. The van der Waals surface area contributed by atoms with Crippen molar-refractivity contribution in [2.75, 3.05) is 0 Å². The van der Waals surface area contributed by atoms with E-state index in [0.717, 1.165) is 25.7 Å². The van der Waals surface area contributed by atoms with Gasteiger partial charge in [-0.25, -0.2) is 0 Å². The normalized spacial score (nSPS) is 12.5. The van der Waals surface area contributed by atoms with Crippen LogP contribution in [-0.2, 0) is 17.6 Å². The molecule has 1 N–H and O–H groups in total. The summed E-state index contributed by atoms with van der Waals surface area (Å²) in [6.07, 6.45) is 4.69. The molecule has 0 radical (unpaired) electrons. The predicted molar refractivity (Wildman–Crippen MR) is 131 cm³/mol. The number of carbonyl (C=O) groups is 1. The minimum atomic E-state index is -0.413. The Morgan fingerprint density at radius 2 is 1.53 bits per heavy atom. The van der Waals surface area contributed by atoms with E-state index in [1.54, 1.807) is 0 Å². The highest BCUT2D eigenvalue weighted by atomic mass is 16.1. The van der Waals surface area contributed by atoms with Gasteiger partial charge in [0.25, 0.3) is 0 Å². The summed E-state index contributed by atoms with van der Waals surface area (Å²) >= 11 is 0. The molecule has 3 heteroatoms. The Labute approximate surface area is 192 Å². The van der Waals surface area contributed by atoms with Crippen molar-refractivity contribution < 1.29 is 4.79 Å². The molecule has 32 heavy (non-hydrogen) atoms. The van der Waals surface area contributed by atoms with Gasteiger partial charge in [0, 0.05) is 6.42 Å².